The maximum absolute atomic E-state index is 5.45. The van der Waals surface area contributed by atoms with E-state index in [0.717, 1.165) is 38.5 Å². The molecular weight excluding hydrogens is 282 g/mol. The summed E-state index contributed by atoms with van der Waals surface area (Å²) in [4.78, 5) is 11.7. The number of nitrogens with zero attached hydrogens (tertiary/aromatic N) is 2. The molecule has 0 radical (unpaired) electrons. The van der Waals surface area contributed by atoms with E-state index in [-0.39, 0.29) is 0 Å². The van der Waals surface area contributed by atoms with Gasteiger partial charge in [-0.15, -0.1) is 11.3 Å². The molecule has 0 aromatic carbocycles. The van der Waals surface area contributed by atoms with Crippen LogP contribution in [0.25, 0.3) is 21.6 Å². The maximum Gasteiger partial charge on any atom is 0.138 e. The van der Waals surface area contributed by atoms with Crippen molar-refractivity contribution in [3.63, 3.8) is 0 Å². The standard InChI is InChI=1S/C16H17N3OS/c1-3-12-13(11-19-6-8-20-9-7-19)15(14-4-2-10-21-14)18-16(12)17-5-1/h1-5,10H,6-9,11H2,(H,17,18). The molecule has 0 atom stereocenters. The summed E-state index contributed by atoms with van der Waals surface area (Å²) in [5.41, 5.74) is 3.54. The summed E-state index contributed by atoms with van der Waals surface area (Å²) in [5.74, 6) is 0. The molecule has 0 bridgehead atoms. The molecule has 4 nitrogen and oxygen atoms in total. The van der Waals surface area contributed by atoms with E-state index in [9.17, 15) is 0 Å². The molecule has 1 fully saturated rings. The highest BCUT2D eigenvalue weighted by molar-refractivity contribution is 7.13. The van der Waals surface area contributed by atoms with E-state index in [1.807, 2.05) is 12.3 Å². The average molecular weight is 299 g/mol. The van der Waals surface area contributed by atoms with E-state index in [4.69, 9.17) is 4.74 Å². The number of hydrogen-bond donors (Lipinski definition) is 1. The van der Waals surface area contributed by atoms with Gasteiger partial charge in [-0.3, -0.25) is 4.90 Å². The number of thiophene rings is 1. The summed E-state index contributed by atoms with van der Waals surface area (Å²) in [6, 6.07) is 8.43. The molecule has 3 aromatic heterocycles. The first-order valence-corrected chi connectivity index (χ1v) is 8.09. The van der Waals surface area contributed by atoms with Crippen molar-refractivity contribution in [2.45, 2.75) is 6.54 Å². The molecule has 1 N–H and O–H groups in total. The average Bonchev–Trinajstić information content (AvgIpc) is 3.16. The van der Waals surface area contributed by atoms with Gasteiger partial charge in [-0.05, 0) is 23.6 Å². The smallest absolute Gasteiger partial charge is 0.138 e. The fraction of sp³-hybridized carbons (Fsp3) is 0.312. The van der Waals surface area contributed by atoms with Crippen LogP contribution in [0, 0.1) is 0 Å². The lowest BCUT2D eigenvalue weighted by molar-refractivity contribution is 0.0344. The molecule has 0 amide bonds. The lowest BCUT2D eigenvalue weighted by atomic mass is 10.1. The van der Waals surface area contributed by atoms with Crippen LogP contribution in [0.2, 0.25) is 0 Å². The van der Waals surface area contributed by atoms with Crippen molar-refractivity contribution < 1.29 is 4.74 Å². The number of aromatic nitrogens is 2. The van der Waals surface area contributed by atoms with Crippen LogP contribution in [0.15, 0.2) is 35.8 Å². The fourth-order valence-corrected chi connectivity index (χ4v) is 3.61. The Morgan fingerprint density at radius 2 is 2.14 bits per heavy atom. The second-order valence-corrected chi connectivity index (χ2v) is 6.19. The monoisotopic (exact) mass is 299 g/mol. The van der Waals surface area contributed by atoms with Crippen LogP contribution in [0.3, 0.4) is 0 Å². The summed E-state index contributed by atoms with van der Waals surface area (Å²) >= 11 is 1.77. The SMILES string of the molecule is c1csc(-c2[nH]c3ncccc3c2CN2CCOCC2)c1. The van der Waals surface area contributed by atoms with Gasteiger partial charge in [-0.2, -0.15) is 0 Å². The number of pyridine rings is 1. The van der Waals surface area contributed by atoms with Gasteiger partial charge in [-0.1, -0.05) is 6.07 Å². The number of fused-ring (bicyclic) bond motifs is 1. The van der Waals surface area contributed by atoms with Gasteiger partial charge in [0.15, 0.2) is 0 Å². The van der Waals surface area contributed by atoms with Crippen molar-refractivity contribution in [1.82, 2.24) is 14.9 Å². The first kappa shape index (κ1) is 13.0. The Kier molecular flexibility index (Phi) is 3.47. The molecule has 1 aliphatic heterocycles. The quantitative estimate of drug-likeness (QED) is 0.808. The summed E-state index contributed by atoms with van der Waals surface area (Å²) in [7, 11) is 0. The number of nitrogens with one attached hydrogen (secondary N) is 1. The molecule has 0 aliphatic carbocycles. The second kappa shape index (κ2) is 5.60. The third-order valence-corrected chi connectivity index (χ3v) is 4.82. The molecule has 21 heavy (non-hydrogen) atoms. The number of H-pyrrole nitrogens is 1. The predicted octanol–water partition coefficient (Wildman–Crippen LogP) is 3.12. The lowest BCUT2D eigenvalue weighted by Crippen LogP contribution is -2.35. The number of hydrogen-bond acceptors (Lipinski definition) is 4. The highest BCUT2D eigenvalue weighted by atomic mass is 32.1. The zero-order chi connectivity index (χ0) is 14.1. The molecule has 0 saturated carbocycles. The maximum atomic E-state index is 5.45. The van der Waals surface area contributed by atoms with Gasteiger partial charge in [-0.25, -0.2) is 4.98 Å². The second-order valence-electron chi connectivity index (χ2n) is 5.24. The molecule has 4 heterocycles. The topological polar surface area (TPSA) is 41.2 Å². The van der Waals surface area contributed by atoms with Gasteiger partial charge in [0.1, 0.15) is 5.65 Å². The Labute approximate surface area is 127 Å². The first-order valence-electron chi connectivity index (χ1n) is 7.21. The zero-order valence-corrected chi connectivity index (χ0v) is 12.5. The van der Waals surface area contributed by atoms with Gasteiger partial charge in [0.2, 0.25) is 0 Å². The van der Waals surface area contributed by atoms with Crippen LogP contribution < -0.4 is 0 Å². The highest BCUT2D eigenvalue weighted by Crippen LogP contribution is 2.33. The van der Waals surface area contributed by atoms with Gasteiger partial charge >= 0.3 is 0 Å². The Morgan fingerprint density at radius 1 is 1.24 bits per heavy atom. The molecule has 0 unspecified atom stereocenters. The highest BCUT2D eigenvalue weighted by Gasteiger charge is 2.18. The minimum Gasteiger partial charge on any atom is -0.379 e. The van der Waals surface area contributed by atoms with Gasteiger partial charge in [0, 0.05) is 36.8 Å². The Balaban J connectivity index is 1.78. The number of morpholine rings is 1. The third-order valence-electron chi connectivity index (χ3n) is 3.93. The van der Waals surface area contributed by atoms with Crippen molar-refractivity contribution in [1.29, 1.82) is 0 Å². The molecular formula is C16H17N3OS. The van der Waals surface area contributed by atoms with Crippen molar-refractivity contribution in [3.8, 4) is 10.6 Å². The van der Waals surface area contributed by atoms with Gasteiger partial charge in [0.25, 0.3) is 0 Å². The van der Waals surface area contributed by atoms with Gasteiger partial charge < -0.3 is 9.72 Å². The Bertz CT molecular complexity index is 729. The molecule has 0 spiro atoms. The molecule has 3 aromatic rings. The van der Waals surface area contributed by atoms with E-state index >= 15 is 0 Å². The van der Waals surface area contributed by atoms with E-state index in [1.54, 1.807) is 11.3 Å². The van der Waals surface area contributed by atoms with Crippen LogP contribution in [-0.2, 0) is 11.3 Å². The molecule has 4 rings (SSSR count). The summed E-state index contributed by atoms with van der Waals surface area (Å²) < 4.78 is 5.45. The summed E-state index contributed by atoms with van der Waals surface area (Å²) in [6.07, 6.45) is 1.84. The fourth-order valence-electron chi connectivity index (χ4n) is 2.86. The zero-order valence-electron chi connectivity index (χ0n) is 11.7. The van der Waals surface area contributed by atoms with E-state index in [2.05, 4.69) is 38.4 Å². The number of ether oxygens (including phenoxy) is 1. The van der Waals surface area contributed by atoms with Crippen molar-refractivity contribution in [3.05, 3.63) is 41.4 Å². The largest absolute Gasteiger partial charge is 0.379 e. The summed E-state index contributed by atoms with van der Waals surface area (Å²) in [6.45, 7) is 4.60. The molecule has 5 heteroatoms. The number of aromatic amines is 1. The molecule has 108 valence electrons. The first-order chi connectivity index (χ1) is 10.4. The van der Waals surface area contributed by atoms with Crippen molar-refractivity contribution >= 4 is 22.4 Å². The van der Waals surface area contributed by atoms with E-state index in [0.29, 0.717) is 0 Å². The Morgan fingerprint density at radius 3 is 2.95 bits per heavy atom. The van der Waals surface area contributed by atoms with Crippen LogP contribution in [0.4, 0.5) is 0 Å². The molecule has 1 saturated heterocycles. The van der Waals surface area contributed by atoms with Crippen LogP contribution in [0.5, 0.6) is 0 Å². The minimum absolute atomic E-state index is 0.828. The predicted molar refractivity (Wildman–Crippen MR) is 85.5 cm³/mol. The lowest BCUT2D eigenvalue weighted by Gasteiger charge is -2.26. The minimum atomic E-state index is 0.828. The van der Waals surface area contributed by atoms with Crippen LogP contribution in [0.1, 0.15) is 5.56 Å². The normalized spacial score (nSPS) is 16.6. The molecule has 1 aliphatic rings. The van der Waals surface area contributed by atoms with Crippen LogP contribution in [-0.4, -0.2) is 41.2 Å². The number of rotatable bonds is 3. The van der Waals surface area contributed by atoms with Crippen molar-refractivity contribution in [2.24, 2.45) is 0 Å². The van der Waals surface area contributed by atoms with Crippen molar-refractivity contribution in [2.75, 3.05) is 26.3 Å². The third kappa shape index (κ3) is 2.48. The van der Waals surface area contributed by atoms with Crippen LogP contribution >= 0.6 is 11.3 Å². The van der Waals surface area contributed by atoms with E-state index < -0.39 is 0 Å². The Hall–Kier alpha value is -1.69. The summed E-state index contributed by atoms with van der Waals surface area (Å²) in [5, 5.41) is 3.35. The van der Waals surface area contributed by atoms with Gasteiger partial charge in [0.05, 0.1) is 23.8 Å². The van der Waals surface area contributed by atoms with E-state index in [1.165, 1.54) is 21.5 Å².